The largest absolute Gasteiger partial charge is 0.395 e. The number of piperazine rings is 1. The number of aliphatic hydroxyl groups excluding tert-OH is 1. The highest BCUT2D eigenvalue weighted by atomic mass is 16.3. The molecule has 2 aromatic rings. The molecule has 3 N–H and O–H groups in total. The number of fused-ring (bicyclic) bond motifs is 1. The fraction of sp³-hybridized carbons (Fsp3) is 0.571. The van der Waals surface area contributed by atoms with Gasteiger partial charge >= 0.3 is 0 Å². The number of hydrogen-bond donors (Lipinski definition) is 2. The van der Waals surface area contributed by atoms with E-state index in [-0.39, 0.29) is 6.61 Å². The predicted octanol–water partition coefficient (Wildman–Crippen LogP) is 1.19. The first-order chi connectivity index (χ1) is 13.1. The molecule has 6 heteroatoms. The molecule has 27 heavy (non-hydrogen) atoms. The molecule has 0 bridgehead atoms. The number of rotatable bonds is 5. The van der Waals surface area contributed by atoms with Crippen molar-refractivity contribution in [1.82, 2.24) is 14.8 Å². The SMILES string of the molecule is Cc1ccc2cc(CN3CCC(N)C3)c(N3CCN(CCO)CC3)nc2c1. The summed E-state index contributed by atoms with van der Waals surface area (Å²) in [7, 11) is 0. The summed E-state index contributed by atoms with van der Waals surface area (Å²) in [5, 5.41) is 10.4. The summed E-state index contributed by atoms with van der Waals surface area (Å²) in [6.45, 7) is 9.92. The van der Waals surface area contributed by atoms with Crippen molar-refractivity contribution in [2.24, 2.45) is 5.73 Å². The van der Waals surface area contributed by atoms with Crippen LogP contribution in [0.3, 0.4) is 0 Å². The van der Waals surface area contributed by atoms with Gasteiger partial charge in [-0.3, -0.25) is 9.80 Å². The lowest BCUT2D eigenvalue weighted by Crippen LogP contribution is -2.47. The number of β-amino-alcohol motifs (C(OH)–C–C–N with tert-alkyl or cyclic N) is 1. The summed E-state index contributed by atoms with van der Waals surface area (Å²) in [5.74, 6) is 1.12. The van der Waals surface area contributed by atoms with Crippen LogP contribution < -0.4 is 10.6 Å². The van der Waals surface area contributed by atoms with E-state index in [9.17, 15) is 5.11 Å². The second kappa shape index (κ2) is 8.10. The Morgan fingerprint density at radius 2 is 1.93 bits per heavy atom. The molecule has 0 aliphatic carbocycles. The topological polar surface area (TPSA) is 68.9 Å². The Morgan fingerprint density at radius 1 is 1.11 bits per heavy atom. The second-order valence-corrected chi connectivity index (χ2v) is 8.00. The molecule has 0 spiro atoms. The van der Waals surface area contributed by atoms with Gasteiger partial charge in [-0.25, -0.2) is 4.98 Å². The third kappa shape index (κ3) is 4.24. The first kappa shape index (κ1) is 18.6. The van der Waals surface area contributed by atoms with E-state index >= 15 is 0 Å². The number of aryl methyl sites for hydroxylation is 1. The average Bonchev–Trinajstić information content (AvgIpc) is 3.07. The van der Waals surface area contributed by atoms with Gasteiger partial charge in [0.15, 0.2) is 0 Å². The third-order valence-corrected chi connectivity index (χ3v) is 5.82. The van der Waals surface area contributed by atoms with Crippen LogP contribution in [0.25, 0.3) is 10.9 Å². The highest BCUT2D eigenvalue weighted by Gasteiger charge is 2.24. The minimum Gasteiger partial charge on any atom is -0.395 e. The highest BCUT2D eigenvalue weighted by Crippen LogP contribution is 2.27. The van der Waals surface area contributed by atoms with Crippen LogP contribution in [0, 0.1) is 6.92 Å². The van der Waals surface area contributed by atoms with Crippen LogP contribution >= 0.6 is 0 Å². The quantitative estimate of drug-likeness (QED) is 0.825. The Balaban J connectivity index is 1.62. The van der Waals surface area contributed by atoms with Gasteiger partial charge in [-0.15, -0.1) is 0 Å². The molecule has 2 fully saturated rings. The van der Waals surface area contributed by atoms with Crippen LogP contribution in [0.5, 0.6) is 0 Å². The summed E-state index contributed by atoms with van der Waals surface area (Å²) >= 11 is 0. The Labute approximate surface area is 161 Å². The van der Waals surface area contributed by atoms with Crippen LogP contribution in [0.4, 0.5) is 5.82 Å². The number of anilines is 1. The van der Waals surface area contributed by atoms with Crippen molar-refractivity contribution in [3.8, 4) is 0 Å². The molecule has 1 aromatic carbocycles. The van der Waals surface area contributed by atoms with Crippen molar-refractivity contribution >= 4 is 16.7 Å². The van der Waals surface area contributed by atoms with E-state index in [1.165, 1.54) is 16.5 Å². The summed E-state index contributed by atoms with van der Waals surface area (Å²) in [5.41, 5.74) is 9.74. The van der Waals surface area contributed by atoms with Crippen LogP contribution in [0.1, 0.15) is 17.5 Å². The Hall–Kier alpha value is -1.73. The number of benzene rings is 1. The molecule has 0 amide bonds. The molecule has 2 aliphatic heterocycles. The first-order valence-electron chi connectivity index (χ1n) is 10.1. The average molecular weight is 370 g/mol. The fourth-order valence-corrected chi connectivity index (χ4v) is 4.27. The summed E-state index contributed by atoms with van der Waals surface area (Å²) < 4.78 is 0. The molecule has 146 valence electrons. The van der Waals surface area contributed by atoms with Gasteiger partial charge in [-0.1, -0.05) is 12.1 Å². The number of aromatic nitrogens is 1. The molecule has 1 aromatic heterocycles. The van der Waals surface area contributed by atoms with Crippen molar-refractivity contribution in [2.45, 2.75) is 25.9 Å². The van der Waals surface area contributed by atoms with Gasteiger partial charge in [0, 0.05) is 69.3 Å². The molecular formula is C21H31N5O. The molecule has 6 nitrogen and oxygen atoms in total. The number of aliphatic hydroxyl groups is 1. The molecular weight excluding hydrogens is 338 g/mol. The summed E-state index contributed by atoms with van der Waals surface area (Å²) in [6, 6.07) is 9.14. The number of likely N-dealkylation sites (tertiary alicyclic amines) is 1. The van der Waals surface area contributed by atoms with Crippen LogP contribution in [0.2, 0.25) is 0 Å². The number of hydrogen-bond acceptors (Lipinski definition) is 6. The molecule has 0 saturated carbocycles. The number of nitrogens with two attached hydrogens (primary N) is 1. The van der Waals surface area contributed by atoms with Crippen LogP contribution in [-0.2, 0) is 6.54 Å². The minimum atomic E-state index is 0.230. The Bertz CT molecular complexity index is 787. The van der Waals surface area contributed by atoms with Gasteiger partial charge in [-0.2, -0.15) is 0 Å². The lowest BCUT2D eigenvalue weighted by molar-refractivity contribution is 0.188. The molecule has 3 heterocycles. The normalized spacial score (nSPS) is 22.0. The van der Waals surface area contributed by atoms with Crippen LogP contribution in [0.15, 0.2) is 24.3 Å². The van der Waals surface area contributed by atoms with E-state index in [4.69, 9.17) is 10.7 Å². The lowest BCUT2D eigenvalue weighted by atomic mass is 10.1. The van der Waals surface area contributed by atoms with Crippen molar-refractivity contribution < 1.29 is 5.11 Å². The van der Waals surface area contributed by atoms with Gasteiger partial charge in [0.1, 0.15) is 5.82 Å². The lowest BCUT2D eigenvalue weighted by Gasteiger charge is -2.36. The van der Waals surface area contributed by atoms with Crippen LogP contribution in [-0.4, -0.2) is 78.4 Å². The first-order valence-corrected chi connectivity index (χ1v) is 10.1. The molecule has 4 rings (SSSR count). The molecule has 2 saturated heterocycles. The standard InChI is InChI=1S/C21H31N5O/c1-16-2-3-17-13-18(14-25-5-4-19(22)15-25)21(23-20(17)12-16)26-8-6-24(7-9-26)10-11-27/h2-3,12-13,19,27H,4-11,14-15,22H2,1H3. The maximum atomic E-state index is 9.19. The van der Waals surface area contributed by atoms with Gasteiger partial charge in [0.2, 0.25) is 0 Å². The van der Waals surface area contributed by atoms with Crippen molar-refractivity contribution in [1.29, 1.82) is 0 Å². The Kier molecular flexibility index (Phi) is 5.59. The van der Waals surface area contributed by atoms with E-state index in [2.05, 4.69) is 45.9 Å². The highest BCUT2D eigenvalue weighted by molar-refractivity contribution is 5.82. The zero-order valence-corrected chi connectivity index (χ0v) is 16.3. The van der Waals surface area contributed by atoms with Crippen molar-refractivity contribution in [2.75, 3.05) is 57.3 Å². The van der Waals surface area contributed by atoms with Crippen molar-refractivity contribution in [3.63, 3.8) is 0 Å². The number of pyridine rings is 1. The zero-order chi connectivity index (χ0) is 18.8. The van der Waals surface area contributed by atoms with E-state index in [0.717, 1.165) is 70.1 Å². The van der Waals surface area contributed by atoms with Gasteiger partial charge in [0.25, 0.3) is 0 Å². The smallest absolute Gasteiger partial charge is 0.133 e. The van der Waals surface area contributed by atoms with E-state index < -0.39 is 0 Å². The maximum Gasteiger partial charge on any atom is 0.133 e. The Morgan fingerprint density at radius 3 is 2.63 bits per heavy atom. The van der Waals surface area contributed by atoms with Gasteiger partial charge in [0.05, 0.1) is 12.1 Å². The third-order valence-electron chi connectivity index (χ3n) is 5.82. The molecule has 1 unspecified atom stereocenters. The monoisotopic (exact) mass is 369 g/mol. The maximum absolute atomic E-state index is 9.19. The predicted molar refractivity (Wildman–Crippen MR) is 110 cm³/mol. The minimum absolute atomic E-state index is 0.230. The molecule has 2 aliphatic rings. The van der Waals surface area contributed by atoms with Gasteiger partial charge < -0.3 is 15.7 Å². The van der Waals surface area contributed by atoms with Gasteiger partial charge in [-0.05, 0) is 31.0 Å². The summed E-state index contributed by atoms with van der Waals surface area (Å²) in [4.78, 5) is 12.3. The van der Waals surface area contributed by atoms with E-state index in [0.29, 0.717) is 6.04 Å². The number of nitrogens with zero attached hydrogens (tertiary/aromatic N) is 4. The summed E-state index contributed by atoms with van der Waals surface area (Å²) in [6.07, 6.45) is 1.08. The molecule has 1 atom stereocenters. The fourth-order valence-electron chi connectivity index (χ4n) is 4.27. The van der Waals surface area contributed by atoms with E-state index in [1.807, 2.05) is 0 Å². The molecule has 0 radical (unpaired) electrons. The zero-order valence-electron chi connectivity index (χ0n) is 16.3. The second-order valence-electron chi connectivity index (χ2n) is 8.00. The van der Waals surface area contributed by atoms with E-state index in [1.54, 1.807) is 0 Å². The van der Waals surface area contributed by atoms with Crippen molar-refractivity contribution in [3.05, 3.63) is 35.4 Å².